The third-order valence-corrected chi connectivity index (χ3v) is 9.10. The van der Waals surface area contributed by atoms with E-state index in [2.05, 4.69) is 68.7 Å². The van der Waals surface area contributed by atoms with Crippen molar-refractivity contribution in [1.82, 2.24) is 34.6 Å². The van der Waals surface area contributed by atoms with Crippen LogP contribution in [0.3, 0.4) is 0 Å². The Hall–Kier alpha value is -3.97. The molecule has 1 fully saturated rings. The summed E-state index contributed by atoms with van der Waals surface area (Å²) in [7, 11) is 0. The van der Waals surface area contributed by atoms with E-state index in [0.717, 1.165) is 32.2 Å². The highest BCUT2D eigenvalue weighted by Gasteiger charge is 2.42. The minimum atomic E-state index is -0.787. The summed E-state index contributed by atoms with van der Waals surface area (Å²) in [5.41, 5.74) is 3.05. The molecular weight excluding hydrogens is 702 g/mol. The molecule has 3 aromatic heterocycles. The van der Waals surface area contributed by atoms with Crippen LogP contribution in [0, 0.1) is 0 Å². The summed E-state index contributed by atoms with van der Waals surface area (Å²) in [6, 6.07) is 9.59. The van der Waals surface area contributed by atoms with Crippen molar-refractivity contribution in [3.05, 3.63) is 64.1 Å². The maximum Gasteiger partial charge on any atom is 0.430 e. The van der Waals surface area contributed by atoms with Crippen LogP contribution < -0.4 is 0 Å². The quantitative estimate of drug-likeness (QED) is 0.200. The van der Waals surface area contributed by atoms with E-state index in [9.17, 15) is 14.7 Å². The highest BCUT2D eigenvalue weighted by molar-refractivity contribution is 9.10. The number of aryl methyl sites for hydroxylation is 1. The number of hydrogen-bond acceptors (Lipinski definition) is 8. The third kappa shape index (κ3) is 7.83. The summed E-state index contributed by atoms with van der Waals surface area (Å²) >= 11 is 3.69. The molecule has 2 amide bonds. The van der Waals surface area contributed by atoms with Crippen molar-refractivity contribution in [2.24, 2.45) is 0 Å². The largest absolute Gasteiger partial charge is 0.442 e. The Labute approximate surface area is 302 Å². The molecule has 270 valence electrons. The van der Waals surface area contributed by atoms with Gasteiger partial charge in [0.2, 0.25) is 0 Å². The number of rotatable bonds is 7. The number of pyridine rings is 1. The predicted molar refractivity (Wildman–Crippen MR) is 195 cm³/mol. The molecule has 1 aromatic carbocycles. The van der Waals surface area contributed by atoms with Crippen LogP contribution >= 0.6 is 15.9 Å². The molecule has 0 radical (unpaired) electrons. The first-order valence-electron chi connectivity index (χ1n) is 17.2. The molecule has 0 unspecified atom stereocenters. The number of hydrogen-bond donors (Lipinski definition) is 1. The number of fused-ring (bicyclic) bond motifs is 1. The van der Waals surface area contributed by atoms with E-state index >= 15 is 0 Å². The molecule has 0 bridgehead atoms. The highest BCUT2D eigenvalue weighted by Crippen LogP contribution is 2.41. The summed E-state index contributed by atoms with van der Waals surface area (Å²) in [6.07, 6.45) is 3.27. The van der Waals surface area contributed by atoms with Gasteiger partial charge in [0.25, 0.3) is 0 Å². The van der Waals surface area contributed by atoms with Gasteiger partial charge in [-0.1, -0.05) is 21.1 Å². The SMILES string of the molecule is CCn1c(-c2cccnc2[C@H](C)O)c(CC(C)(C)n2cc([C@@H]3CCCN(C(=O)OC(C)(C)C)N3C(=O)OC(C)(C)C)nn2)c2cc(Br)ccc21. The second-order valence-electron chi connectivity index (χ2n) is 15.5. The van der Waals surface area contributed by atoms with Gasteiger partial charge in [-0.25, -0.2) is 24.3 Å². The van der Waals surface area contributed by atoms with Gasteiger partial charge >= 0.3 is 12.2 Å². The number of nitrogens with zero attached hydrogens (tertiary/aromatic N) is 7. The van der Waals surface area contributed by atoms with Crippen molar-refractivity contribution in [2.45, 2.75) is 124 Å². The Balaban J connectivity index is 1.57. The Morgan fingerprint density at radius 1 is 1.04 bits per heavy atom. The first-order chi connectivity index (χ1) is 23.3. The van der Waals surface area contributed by atoms with Gasteiger partial charge in [0.15, 0.2) is 0 Å². The van der Waals surface area contributed by atoms with Crippen molar-refractivity contribution < 1.29 is 24.2 Å². The van der Waals surface area contributed by atoms with Crippen LogP contribution in [0.15, 0.2) is 47.2 Å². The zero-order chi connectivity index (χ0) is 36.8. The first-order valence-corrected chi connectivity index (χ1v) is 18.0. The normalized spacial score (nSPS) is 16.5. The van der Waals surface area contributed by atoms with Crippen LogP contribution in [0.4, 0.5) is 9.59 Å². The minimum absolute atomic E-state index is 0.299. The molecule has 50 heavy (non-hydrogen) atoms. The minimum Gasteiger partial charge on any atom is -0.442 e. The van der Waals surface area contributed by atoms with Crippen molar-refractivity contribution in [3.63, 3.8) is 0 Å². The molecule has 4 aromatic rings. The Morgan fingerprint density at radius 3 is 2.36 bits per heavy atom. The standard InChI is InChI=1S/C37H50BrN7O5/c1-11-42-29-17-16-24(38)20-26(29)27(32(42)25-14-12-18-39-31(25)23(2)46)21-37(9,10)44-22-28(40-41-44)30-15-13-19-43(33(47)49-35(3,4)5)45(30)34(48)50-36(6,7)8/h12,14,16-18,20,22-23,30,46H,11,13,15,19,21H2,1-10H3/t23-,30-/m0/s1. The van der Waals surface area contributed by atoms with E-state index in [1.165, 1.54) is 10.0 Å². The number of aliphatic hydroxyl groups is 1. The number of aliphatic hydroxyl groups excluding tert-OH is 1. The zero-order valence-corrected chi connectivity index (χ0v) is 32.4. The predicted octanol–water partition coefficient (Wildman–Crippen LogP) is 8.33. The van der Waals surface area contributed by atoms with E-state index in [0.29, 0.717) is 43.7 Å². The number of ether oxygens (including phenoxy) is 2. The van der Waals surface area contributed by atoms with Gasteiger partial charge in [0.1, 0.15) is 22.9 Å². The van der Waals surface area contributed by atoms with Gasteiger partial charge in [-0.15, -0.1) is 5.10 Å². The van der Waals surface area contributed by atoms with Gasteiger partial charge in [-0.3, -0.25) is 4.98 Å². The molecule has 13 heteroatoms. The topological polar surface area (TPSA) is 128 Å². The molecule has 4 heterocycles. The lowest BCUT2D eigenvalue weighted by atomic mass is 9.90. The van der Waals surface area contributed by atoms with Gasteiger partial charge in [0, 0.05) is 40.2 Å². The second kappa shape index (κ2) is 14.0. The average molecular weight is 753 g/mol. The number of amides is 2. The lowest BCUT2D eigenvalue weighted by Crippen LogP contribution is -2.56. The van der Waals surface area contributed by atoms with Crippen LogP contribution in [-0.4, -0.2) is 69.6 Å². The molecule has 12 nitrogen and oxygen atoms in total. The molecule has 2 atom stereocenters. The van der Waals surface area contributed by atoms with E-state index in [1.807, 2.05) is 29.1 Å². The number of carbonyl (C=O) groups is 2. The number of hydrazine groups is 1. The highest BCUT2D eigenvalue weighted by atomic mass is 79.9. The number of aromatic nitrogens is 5. The first kappa shape index (κ1) is 37.3. The molecular formula is C37H50BrN7O5. The number of halogens is 1. The summed E-state index contributed by atoms with van der Waals surface area (Å²) in [4.78, 5) is 31.7. The van der Waals surface area contributed by atoms with Gasteiger partial charge in [-0.05, 0) is 124 Å². The van der Waals surface area contributed by atoms with Crippen molar-refractivity contribution in [2.75, 3.05) is 6.54 Å². The molecule has 1 saturated heterocycles. The van der Waals surface area contributed by atoms with E-state index in [1.54, 1.807) is 54.7 Å². The molecule has 1 N–H and O–H groups in total. The van der Waals surface area contributed by atoms with Crippen LogP contribution in [0.2, 0.25) is 0 Å². The molecule has 1 aliphatic heterocycles. The third-order valence-electron chi connectivity index (χ3n) is 8.61. The monoisotopic (exact) mass is 751 g/mol. The lowest BCUT2D eigenvalue weighted by molar-refractivity contribution is -0.0963. The maximum absolute atomic E-state index is 13.7. The van der Waals surface area contributed by atoms with Crippen LogP contribution in [0.5, 0.6) is 0 Å². The maximum atomic E-state index is 13.7. The van der Waals surface area contributed by atoms with E-state index in [-0.39, 0.29) is 0 Å². The molecule has 0 saturated carbocycles. The smallest absolute Gasteiger partial charge is 0.430 e. The average Bonchev–Trinajstić information content (AvgIpc) is 3.63. The molecule has 0 spiro atoms. The van der Waals surface area contributed by atoms with Crippen molar-refractivity contribution in [3.8, 4) is 11.3 Å². The van der Waals surface area contributed by atoms with Crippen LogP contribution in [0.1, 0.15) is 111 Å². The van der Waals surface area contributed by atoms with Crippen molar-refractivity contribution in [1.29, 1.82) is 0 Å². The summed E-state index contributed by atoms with van der Waals surface area (Å²) < 4.78 is 16.5. The summed E-state index contributed by atoms with van der Waals surface area (Å²) in [6.45, 7) is 19.8. The Kier molecular flexibility index (Phi) is 10.4. The fourth-order valence-electron chi connectivity index (χ4n) is 6.54. The lowest BCUT2D eigenvalue weighted by Gasteiger charge is -2.43. The van der Waals surface area contributed by atoms with E-state index in [4.69, 9.17) is 9.47 Å². The fraction of sp³-hybridized carbons (Fsp3) is 0.541. The number of carbonyl (C=O) groups excluding carboxylic acids is 2. The van der Waals surface area contributed by atoms with Gasteiger partial charge in [-0.2, -0.15) is 0 Å². The Bertz CT molecular complexity index is 1870. The molecule has 0 aliphatic carbocycles. The molecule has 5 rings (SSSR count). The zero-order valence-electron chi connectivity index (χ0n) is 30.8. The summed E-state index contributed by atoms with van der Waals surface area (Å²) in [5, 5.41) is 23.7. The van der Waals surface area contributed by atoms with E-state index < -0.39 is 41.1 Å². The fourth-order valence-corrected chi connectivity index (χ4v) is 6.90. The number of benzene rings is 1. The van der Waals surface area contributed by atoms with Crippen molar-refractivity contribution >= 4 is 39.0 Å². The summed E-state index contributed by atoms with van der Waals surface area (Å²) in [5.74, 6) is 0. The van der Waals surface area contributed by atoms with Crippen LogP contribution in [0.25, 0.3) is 22.2 Å². The second-order valence-corrected chi connectivity index (χ2v) is 16.4. The molecule has 1 aliphatic rings. The van der Waals surface area contributed by atoms with Gasteiger partial charge < -0.3 is 19.1 Å². The van der Waals surface area contributed by atoms with Crippen LogP contribution in [-0.2, 0) is 28.0 Å². The van der Waals surface area contributed by atoms with Gasteiger partial charge in [0.05, 0.1) is 29.2 Å². The Morgan fingerprint density at radius 2 is 1.72 bits per heavy atom.